The van der Waals surface area contributed by atoms with E-state index in [2.05, 4.69) is 21.1 Å². The summed E-state index contributed by atoms with van der Waals surface area (Å²) in [5.74, 6) is 0.802. The van der Waals surface area contributed by atoms with Crippen LogP contribution in [-0.4, -0.2) is 18.0 Å². The van der Waals surface area contributed by atoms with Crippen LogP contribution in [0.4, 0.5) is 0 Å². The molecule has 0 aliphatic carbocycles. The molecule has 4 heteroatoms. The van der Waals surface area contributed by atoms with Crippen LogP contribution in [0.3, 0.4) is 0 Å². The second-order valence-electron chi connectivity index (χ2n) is 2.97. The van der Waals surface area contributed by atoms with Crippen molar-refractivity contribution in [3.63, 3.8) is 0 Å². The molecule has 3 nitrogen and oxygen atoms in total. The van der Waals surface area contributed by atoms with Crippen molar-refractivity contribution in [2.24, 2.45) is 5.16 Å². The Kier molecular flexibility index (Phi) is 3.95. The summed E-state index contributed by atoms with van der Waals surface area (Å²) in [6.45, 7) is 1.76. The predicted molar refractivity (Wildman–Crippen MR) is 59.3 cm³/mol. The Morgan fingerprint density at radius 2 is 2.29 bits per heavy atom. The number of benzene rings is 1. The highest BCUT2D eigenvalue weighted by Gasteiger charge is 2.05. The monoisotopic (exact) mass is 257 g/mol. The zero-order valence-electron chi connectivity index (χ0n) is 8.12. The summed E-state index contributed by atoms with van der Waals surface area (Å²) in [5.41, 5.74) is 1.65. The van der Waals surface area contributed by atoms with E-state index in [-0.39, 0.29) is 0 Å². The summed E-state index contributed by atoms with van der Waals surface area (Å²) in [4.78, 5) is 0. The number of rotatable bonds is 3. The normalized spacial score (nSPS) is 11.5. The second-order valence-corrected chi connectivity index (χ2v) is 3.88. The molecule has 0 fully saturated rings. The van der Waals surface area contributed by atoms with Gasteiger partial charge in [-0.05, 0) is 25.1 Å². The number of methoxy groups -OCH3 is 1. The molecule has 1 N–H and O–H groups in total. The van der Waals surface area contributed by atoms with Crippen LogP contribution in [0.2, 0.25) is 0 Å². The van der Waals surface area contributed by atoms with Gasteiger partial charge in [-0.15, -0.1) is 0 Å². The number of nitrogens with zero attached hydrogens (tertiary/aromatic N) is 1. The fourth-order valence-electron chi connectivity index (χ4n) is 1.20. The fourth-order valence-corrected chi connectivity index (χ4v) is 1.60. The minimum absolute atomic E-state index is 0.582. The van der Waals surface area contributed by atoms with Gasteiger partial charge in [-0.1, -0.05) is 21.1 Å². The lowest BCUT2D eigenvalue weighted by Crippen LogP contribution is -2.00. The third-order valence-corrected chi connectivity index (χ3v) is 2.35. The molecule has 0 radical (unpaired) electrons. The highest BCUT2D eigenvalue weighted by atomic mass is 79.9. The van der Waals surface area contributed by atoms with E-state index in [9.17, 15) is 0 Å². The van der Waals surface area contributed by atoms with Gasteiger partial charge in [0.15, 0.2) is 0 Å². The van der Waals surface area contributed by atoms with Gasteiger partial charge in [0.2, 0.25) is 0 Å². The minimum Gasteiger partial charge on any atom is -0.496 e. The molecule has 0 aliphatic rings. The summed E-state index contributed by atoms with van der Waals surface area (Å²) in [6, 6.07) is 5.74. The predicted octanol–water partition coefficient (Wildman–Crippen LogP) is 2.85. The van der Waals surface area contributed by atoms with Gasteiger partial charge in [0.25, 0.3) is 0 Å². The lowest BCUT2D eigenvalue weighted by atomic mass is 10.1. The first-order valence-corrected chi connectivity index (χ1v) is 4.96. The Balaban J connectivity index is 2.99. The number of hydrogen-bond donors (Lipinski definition) is 1. The van der Waals surface area contributed by atoms with Crippen molar-refractivity contribution in [3.8, 4) is 5.75 Å². The van der Waals surface area contributed by atoms with E-state index in [1.165, 1.54) is 0 Å². The third kappa shape index (κ3) is 2.73. The van der Waals surface area contributed by atoms with Crippen molar-refractivity contribution in [2.75, 3.05) is 7.11 Å². The number of hydrogen-bond acceptors (Lipinski definition) is 3. The molecule has 76 valence electrons. The molecule has 0 aromatic heterocycles. The number of halogens is 1. The fraction of sp³-hybridized carbons (Fsp3) is 0.300. The molecule has 1 rings (SSSR count). The SMILES string of the molecule is COc1ccc(Br)cc1C/C(C)=N/O. The van der Waals surface area contributed by atoms with E-state index in [4.69, 9.17) is 9.94 Å². The maximum Gasteiger partial charge on any atom is 0.122 e. The van der Waals surface area contributed by atoms with E-state index in [1.807, 2.05) is 18.2 Å². The molecule has 0 spiro atoms. The average Bonchev–Trinajstić information content (AvgIpc) is 2.18. The van der Waals surface area contributed by atoms with Gasteiger partial charge in [-0.25, -0.2) is 0 Å². The van der Waals surface area contributed by atoms with E-state index in [0.29, 0.717) is 12.1 Å². The molecular formula is C10H12BrNO2. The molecular weight excluding hydrogens is 246 g/mol. The molecule has 0 atom stereocenters. The van der Waals surface area contributed by atoms with Crippen LogP contribution in [-0.2, 0) is 6.42 Å². The lowest BCUT2D eigenvalue weighted by Gasteiger charge is -2.07. The van der Waals surface area contributed by atoms with Crippen LogP contribution in [0, 0.1) is 0 Å². The molecule has 0 saturated heterocycles. The van der Waals surface area contributed by atoms with Gasteiger partial charge >= 0.3 is 0 Å². The van der Waals surface area contributed by atoms with Crippen LogP contribution in [0.25, 0.3) is 0 Å². The van der Waals surface area contributed by atoms with Crippen LogP contribution in [0.5, 0.6) is 5.75 Å². The van der Waals surface area contributed by atoms with E-state index in [1.54, 1.807) is 14.0 Å². The molecule has 0 bridgehead atoms. The van der Waals surface area contributed by atoms with Crippen molar-refractivity contribution in [2.45, 2.75) is 13.3 Å². The Morgan fingerprint density at radius 3 is 2.86 bits per heavy atom. The van der Waals surface area contributed by atoms with Crippen LogP contribution in [0.1, 0.15) is 12.5 Å². The van der Waals surface area contributed by atoms with Gasteiger partial charge in [0, 0.05) is 16.5 Å². The molecule has 0 aliphatic heterocycles. The largest absolute Gasteiger partial charge is 0.496 e. The van der Waals surface area contributed by atoms with Crippen molar-refractivity contribution >= 4 is 21.6 Å². The highest BCUT2D eigenvalue weighted by Crippen LogP contribution is 2.23. The summed E-state index contributed by atoms with van der Waals surface area (Å²) in [5, 5.41) is 11.7. The molecule has 0 amide bonds. The van der Waals surface area contributed by atoms with Crippen molar-refractivity contribution in [3.05, 3.63) is 28.2 Å². The Labute approximate surface area is 91.5 Å². The van der Waals surface area contributed by atoms with Crippen molar-refractivity contribution < 1.29 is 9.94 Å². The number of ether oxygens (including phenoxy) is 1. The maximum absolute atomic E-state index is 8.56. The topological polar surface area (TPSA) is 41.8 Å². The summed E-state index contributed by atoms with van der Waals surface area (Å²) in [7, 11) is 1.62. The molecule has 1 aromatic carbocycles. The van der Waals surface area contributed by atoms with Gasteiger partial charge < -0.3 is 9.94 Å². The highest BCUT2D eigenvalue weighted by molar-refractivity contribution is 9.10. The van der Waals surface area contributed by atoms with Gasteiger partial charge in [-0.3, -0.25) is 0 Å². The second kappa shape index (κ2) is 5.00. The van der Waals surface area contributed by atoms with E-state index < -0.39 is 0 Å². The zero-order valence-corrected chi connectivity index (χ0v) is 9.71. The maximum atomic E-state index is 8.56. The smallest absolute Gasteiger partial charge is 0.122 e. The lowest BCUT2D eigenvalue weighted by molar-refractivity contribution is 0.317. The molecule has 14 heavy (non-hydrogen) atoms. The first-order valence-electron chi connectivity index (χ1n) is 4.17. The quantitative estimate of drug-likeness (QED) is 0.514. The zero-order chi connectivity index (χ0) is 10.6. The van der Waals surface area contributed by atoms with Crippen LogP contribution >= 0.6 is 15.9 Å². The van der Waals surface area contributed by atoms with Crippen molar-refractivity contribution in [1.29, 1.82) is 0 Å². The van der Waals surface area contributed by atoms with Crippen LogP contribution < -0.4 is 4.74 Å². The standard InChI is InChI=1S/C10H12BrNO2/c1-7(12-13)5-8-6-9(11)3-4-10(8)14-2/h3-4,6,13H,5H2,1-2H3/b12-7+. The van der Waals surface area contributed by atoms with Gasteiger partial charge in [0.05, 0.1) is 12.8 Å². The minimum atomic E-state index is 0.582. The third-order valence-electron chi connectivity index (χ3n) is 1.86. The summed E-state index contributed by atoms with van der Waals surface area (Å²) >= 11 is 3.38. The molecule has 0 unspecified atom stereocenters. The van der Waals surface area contributed by atoms with Crippen LogP contribution in [0.15, 0.2) is 27.8 Å². The summed E-state index contributed by atoms with van der Waals surface area (Å²) < 4.78 is 6.17. The van der Waals surface area contributed by atoms with Crippen molar-refractivity contribution in [1.82, 2.24) is 0 Å². The van der Waals surface area contributed by atoms with E-state index in [0.717, 1.165) is 15.8 Å². The Hall–Kier alpha value is -1.03. The Bertz CT molecular complexity index is 350. The van der Waals surface area contributed by atoms with Gasteiger partial charge in [0.1, 0.15) is 5.75 Å². The van der Waals surface area contributed by atoms with E-state index >= 15 is 0 Å². The molecule has 0 heterocycles. The first-order chi connectivity index (χ1) is 6.67. The first kappa shape index (κ1) is 11.0. The van der Waals surface area contributed by atoms with Gasteiger partial charge in [-0.2, -0.15) is 0 Å². The Morgan fingerprint density at radius 1 is 1.57 bits per heavy atom. The average molecular weight is 258 g/mol. The molecule has 0 saturated carbocycles. The summed E-state index contributed by atoms with van der Waals surface area (Å²) in [6.07, 6.45) is 0.582. The molecule has 1 aromatic rings. The number of oxime groups is 1.